The first-order chi connectivity index (χ1) is 13.9. The van der Waals surface area contributed by atoms with E-state index < -0.39 is 11.6 Å². The third kappa shape index (κ3) is 5.57. The molecule has 152 valence electrons. The fraction of sp³-hybridized carbons (Fsp3) is 0.391. The van der Waals surface area contributed by atoms with E-state index in [9.17, 15) is 9.90 Å². The smallest absolute Gasteiger partial charge is 0.335 e. The van der Waals surface area contributed by atoms with E-state index in [1.807, 2.05) is 42.3 Å². The van der Waals surface area contributed by atoms with Crippen LogP contribution in [0, 0.1) is 6.57 Å². The van der Waals surface area contributed by atoms with Crippen LogP contribution in [-0.4, -0.2) is 59.9 Å². The van der Waals surface area contributed by atoms with Crippen molar-refractivity contribution >= 4 is 17.3 Å². The Kier molecular flexibility index (Phi) is 6.53. The number of hydrogen-bond donors (Lipinski definition) is 2. The molecule has 2 aromatic rings. The van der Waals surface area contributed by atoms with Gasteiger partial charge in [0.2, 0.25) is 0 Å². The van der Waals surface area contributed by atoms with Gasteiger partial charge in [0.1, 0.15) is 0 Å². The fourth-order valence-electron chi connectivity index (χ4n) is 3.78. The molecule has 2 N–H and O–H groups in total. The Bertz CT molecular complexity index is 881. The van der Waals surface area contributed by atoms with Crippen LogP contribution in [0.2, 0.25) is 0 Å². The van der Waals surface area contributed by atoms with Crippen molar-refractivity contribution in [1.29, 1.82) is 0 Å². The number of likely N-dealkylation sites (tertiary alicyclic amines) is 1. The van der Waals surface area contributed by atoms with Crippen molar-refractivity contribution in [1.82, 2.24) is 4.90 Å². The molecule has 2 aromatic carbocycles. The maximum atomic E-state index is 11.2. The summed E-state index contributed by atoms with van der Waals surface area (Å²) in [5.41, 5.74) is 2.15. The highest BCUT2D eigenvalue weighted by atomic mass is 16.4. The number of nitrogens with zero attached hydrogens (tertiary/aromatic N) is 3. The lowest BCUT2D eigenvalue weighted by atomic mass is 9.90. The number of benzene rings is 2. The van der Waals surface area contributed by atoms with Crippen LogP contribution in [0.4, 0.5) is 11.4 Å². The second-order valence-corrected chi connectivity index (χ2v) is 7.81. The molecule has 0 atom stereocenters. The molecule has 1 fully saturated rings. The lowest BCUT2D eigenvalue weighted by molar-refractivity contribution is -0.0137. The number of carboxylic acid groups (broad SMARTS) is 1. The third-order valence-electron chi connectivity index (χ3n) is 5.63. The highest BCUT2D eigenvalue weighted by Gasteiger charge is 2.33. The fourth-order valence-corrected chi connectivity index (χ4v) is 3.78. The van der Waals surface area contributed by atoms with Crippen LogP contribution < -0.4 is 4.90 Å². The zero-order chi connectivity index (χ0) is 20.9. The first-order valence-corrected chi connectivity index (χ1v) is 9.84. The minimum atomic E-state index is -0.948. The average molecular weight is 393 g/mol. The Morgan fingerprint density at radius 1 is 1.21 bits per heavy atom. The summed E-state index contributed by atoms with van der Waals surface area (Å²) in [5, 5.41) is 20.2. The zero-order valence-electron chi connectivity index (χ0n) is 16.7. The van der Waals surface area contributed by atoms with E-state index in [4.69, 9.17) is 11.7 Å². The minimum absolute atomic E-state index is 0.251. The SMILES string of the molecule is [C-]#[N+]c1ccc(CCN2CCC(O)(CN(C)c3cccc(C(=O)O)c3)CC2)cc1. The number of carbonyl (C=O) groups is 1. The van der Waals surface area contributed by atoms with Crippen LogP contribution in [0.1, 0.15) is 28.8 Å². The molecule has 0 saturated carbocycles. The molecule has 1 saturated heterocycles. The van der Waals surface area contributed by atoms with Gasteiger partial charge in [0, 0.05) is 38.9 Å². The number of rotatable bonds is 7. The van der Waals surface area contributed by atoms with Crippen LogP contribution in [0.3, 0.4) is 0 Å². The summed E-state index contributed by atoms with van der Waals surface area (Å²) in [7, 11) is 1.89. The molecule has 6 heteroatoms. The van der Waals surface area contributed by atoms with Gasteiger partial charge in [-0.05, 0) is 43.0 Å². The van der Waals surface area contributed by atoms with Crippen molar-refractivity contribution < 1.29 is 15.0 Å². The lowest BCUT2D eigenvalue weighted by Gasteiger charge is -2.40. The van der Waals surface area contributed by atoms with E-state index >= 15 is 0 Å². The van der Waals surface area contributed by atoms with Crippen molar-refractivity contribution in [2.45, 2.75) is 24.9 Å². The molecule has 1 aliphatic rings. The van der Waals surface area contributed by atoms with E-state index in [1.54, 1.807) is 18.2 Å². The molecule has 0 unspecified atom stereocenters. The molecule has 0 spiro atoms. The summed E-state index contributed by atoms with van der Waals surface area (Å²) < 4.78 is 0. The first kappa shape index (κ1) is 20.8. The van der Waals surface area contributed by atoms with Gasteiger partial charge < -0.3 is 20.0 Å². The van der Waals surface area contributed by atoms with Crippen LogP contribution in [0.15, 0.2) is 48.5 Å². The zero-order valence-corrected chi connectivity index (χ0v) is 16.7. The first-order valence-electron chi connectivity index (χ1n) is 9.84. The Labute approximate surface area is 171 Å². The molecule has 0 aromatic heterocycles. The summed E-state index contributed by atoms with van der Waals surface area (Å²) in [4.78, 5) is 18.9. The molecular weight excluding hydrogens is 366 g/mol. The number of likely N-dealkylation sites (N-methyl/N-ethyl adjacent to an activating group) is 1. The number of piperidine rings is 1. The highest BCUT2D eigenvalue weighted by Crippen LogP contribution is 2.26. The third-order valence-corrected chi connectivity index (χ3v) is 5.63. The highest BCUT2D eigenvalue weighted by molar-refractivity contribution is 5.88. The monoisotopic (exact) mass is 393 g/mol. The Morgan fingerprint density at radius 2 is 1.90 bits per heavy atom. The number of aliphatic hydroxyl groups is 1. The van der Waals surface area contributed by atoms with E-state index in [0.717, 1.165) is 31.7 Å². The van der Waals surface area contributed by atoms with Gasteiger partial charge in [-0.25, -0.2) is 9.64 Å². The van der Waals surface area contributed by atoms with E-state index in [-0.39, 0.29) is 5.56 Å². The molecule has 1 aliphatic heterocycles. The van der Waals surface area contributed by atoms with E-state index in [2.05, 4.69) is 9.74 Å². The van der Waals surface area contributed by atoms with Gasteiger partial charge in [0.05, 0.1) is 17.7 Å². The molecule has 0 amide bonds. The number of anilines is 1. The van der Waals surface area contributed by atoms with Gasteiger partial charge >= 0.3 is 5.97 Å². The van der Waals surface area contributed by atoms with Crippen molar-refractivity contribution in [3.05, 3.63) is 71.1 Å². The molecule has 29 heavy (non-hydrogen) atoms. The van der Waals surface area contributed by atoms with E-state index in [1.165, 1.54) is 5.56 Å². The Hall–Kier alpha value is -2.88. The van der Waals surface area contributed by atoms with Crippen molar-refractivity contribution in [3.8, 4) is 0 Å². The Balaban J connectivity index is 1.50. The van der Waals surface area contributed by atoms with Gasteiger partial charge in [0.25, 0.3) is 0 Å². The normalized spacial score (nSPS) is 16.2. The quantitative estimate of drug-likeness (QED) is 0.706. The number of hydrogen-bond acceptors (Lipinski definition) is 4. The van der Waals surface area contributed by atoms with Gasteiger partial charge in [-0.15, -0.1) is 0 Å². The van der Waals surface area contributed by atoms with Gasteiger partial charge in [-0.3, -0.25) is 0 Å². The molecular formula is C23H27N3O3. The van der Waals surface area contributed by atoms with E-state index in [0.29, 0.717) is 25.1 Å². The topological polar surface area (TPSA) is 68.4 Å². The summed E-state index contributed by atoms with van der Waals surface area (Å²) in [6.45, 7) is 10.1. The minimum Gasteiger partial charge on any atom is -0.478 e. The standard InChI is InChI=1S/C23H27N3O3/c1-24-20-8-6-18(7-9-20)10-13-26-14-11-23(29,12-15-26)17-25(2)21-5-3-4-19(16-21)22(27)28/h3-9,16,29H,10-15,17H2,2H3,(H,27,28). The second kappa shape index (κ2) is 9.08. The molecule has 0 aliphatic carbocycles. The molecule has 3 rings (SSSR count). The van der Waals surface area contributed by atoms with Gasteiger partial charge in [0.15, 0.2) is 5.69 Å². The van der Waals surface area contributed by atoms with Crippen LogP contribution >= 0.6 is 0 Å². The summed E-state index contributed by atoms with van der Waals surface area (Å²) in [6, 6.07) is 14.5. The summed E-state index contributed by atoms with van der Waals surface area (Å²) in [5.74, 6) is -0.948. The van der Waals surface area contributed by atoms with Gasteiger partial charge in [-0.1, -0.05) is 30.3 Å². The number of aromatic carboxylic acids is 1. The van der Waals surface area contributed by atoms with Crippen molar-refractivity contribution in [2.75, 3.05) is 38.1 Å². The molecule has 1 heterocycles. The summed E-state index contributed by atoms with van der Waals surface area (Å²) >= 11 is 0. The Morgan fingerprint density at radius 3 is 2.52 bits per heavy atom. The number of carboxylic acids is 1. The average Bonchev–Trinajstić information content (AvgIpc) is 2.73. The maximum absolute atomic E-state index is 11.2. The van der Waals surface area contributed by atoms with Gasteiger partial charge in [-0.2, -0.15) is 0 Å². The molecule has 0 radical (unpaired) electrons. The largest absolute Gasteiger partial charge is 0.478 e. The van der Waals surface area contributed by atoms with Crippen LogP contribution in [-0.2, 0) is 6.42 Å². The lowest BCUT2D eigenvalue weighted by Crippen LogP contribution is -2.50. The molecule has 0 bridgehead atoms. The second-order valence-electron chi connectivity index (χ2n) is 7.81. The van der Waals surface area contributed by atoms with Crippen LogP contribution in [0.5, 0.6) is 0 Å². The molecule has 6 nitrogen and oxygen atoms in total. The van der Waals surface area contributed by atoms with Crippen molar-refractivity contribution in [3.63, 3.8) is 0 Å². The predicted molar refractivity (Wildman–Crippen MR) is 114 cm³/mol. The maximum Gasteiger partial charge on any atom is 0.335 e. The predicted octanol–water partition coefficient (Wildman–Crippen LogP) is 3.44. The van der Waals surface area contributed by atoms with Crippen LogP contribution in [0.25, 0.3) is 4.85 Å². The van der Waals surface area contributed by atoms with Crippen molar-refractivity contribution in [2.24, 2.45) is 0 Å². The summed E-state index contributed by atoms with van der Waals surface area (Å²) in [6.07, 6.45) is 2.30.